The summed E-state index contributed by atoms with van der Waals surface area (Å²) >= 11 is 3.35. The van der Waals surface area contributed by atoms with Gasteiger partial charge in [0.2, 0.25) is 0 Å². The maximum atomic E-state index is 13.4. The van der Waals surface area contributed by atoms with Crippen LogP contribution in [-0.2, 0) is 14.8 Å². The quantitative estimate of drug-likeness (QED) is 0.361. The van der Waals surface area contributed by atoms with E-state index >= 15 is 0 Å². The van der Waals surface area contributed by atoms with E-state index in [0.717, 1.165) is 19.9 Å². The average Bonchev–Trinajstić information content (AvgIpc) is 2.79. The molecular weight excluding hydrogens is 494 g/mol. The van der Waals surface area contributed by atoms with Gasteiger partial charge in [-0.2, -0.15) is 5.10 Å². The average molecular weight is 516 g/mol. The van der Waals surface area contributed by atoms with E-state index in [9.17, 15) is 13.2 Å². The summed E-state index contributed by atoms with van der Waals surface area (Å²) in [5.74, 6) is -0.114. The molecule has 1 N–H and O–H groups in total. The van der Waals surface area contributed by atoms with Crippen molar-refractivity contribution >= 4 is 43.8 Å². The van der Waals surface area contributed by atoms with Crippen LogP contribution in [0, 0.1) is 6.92 Å². The number of methoxy groups -OCH3 is 1. The number of nitrogens with one attached hydrogen (secondary N) is 1. The highest BCUT2D eigenvalue weighted by Gasteiger charge is 2.27. The van der Waals surface area contributed by atoms with Gasteiger partial charge in [-0.1, -0.05) is 51.8 Å². The molecule has 9 heteroatoms. The lowest BCUT2D eigenvalue weighted by molar-refractivity contribution is -0.119. The number of hydrazone groups is 1. The first-order valence-electron chi connectivity index (χ1n) is 9.60. The van der Waals surface area contributed by atoms with E-state index < -0.39 is 22.5 Å². The van der Waals surface area contributed by atoms with Crippen LogP contribution in [0.25, 0.3) is 0 Å². The first kappa shape index (κ1) is 23.5. The number of ether oxygens (including phenoxy) is 1. The molecular formula is C23H22BrN3O4S. The minimum atomic E-state index is -4.01. The molecule has 0 aliphatic rings. The number of carbonyl (C=O) groups is 1. The van der Waals surface area contributed by atoms with Crippen molar-refractivity contribution in [2.45, 2.75) is 11.8 Å². The molecule has 166 valence electrons. The molecule has 3 aromatic rings. The maximum absolute atomic E-state index is 13.4. The van der Waals surface area contributed by atoms with E-state index in [4.69, 9.17) is 4.74 Å². The number of rotatable bonds is 8. The largest absolute Gasteiger partial charge is 0.497 e. The number of carbonyl (C=O) groups excluding carboxylic acids is 1. The highest BCUT2D eigenvalue weighted by Crippen LogP contribution is 2.27. The molecule has 7 nitrogen and oxygen atoms in total. The first-order chi connectivity index (χ1) is 15.3. The van der Waals surface area contributed by atoms with Crippen molar-refractivity contribution < 1.29 is 17.9 Å². The molecule has 0 radical (unpaired) electrons. The van der Waals surface area contributed by atoms with Crippen LogP contribution < -0.4 is 14.5 Å². The van der Waals surface area contributed by atoms with Crippen LogP contribution in [0.5, 0.6) is 5.75 Å². The van der Waals surface area contributed by atoms with Gasteiger partial charge >= 0.3 is 0 Å². The molecule has 0 aliphatic carbocycles. The highest BCUT2D eigenvalue weighted by molar-refractivity contribution is 9.10. The Morgan fingerprint density at radius 2 is 1.78 bits per heavy atom. The fourth-order valence-corrected chi connectivity index (χ4v) is 4.49. The number of amides is 1. The summed E-state index contributed by atoms with van der Waals surface area (Å²) in [6, 6.07) is 20.3. The van der Waals surface area contributed by atoms with Gasteiger partial charge in [-0.15, -0.1) is 0 Å². The standard InChI is InChI=1S/C23H22BrN3O4S/c1-17-6-12-22(13-7-17)32(29,30)27(20-4-3-5-21(14-20)31-2)16-23(28)26-25-15-18-8-10-19(24)11-9-18/h3-15H,16H2,1-2H3,(H,26,28)/b25-15-. The van der Waals surface area contributed by atoms with Gasteiger partial charge in [0.05, 0.1) is 23.9 Å². The molecule has 0 atom stereocenters. The molecule has 1 amide bonds. The van der Waals surface area contributed by atoms with Crippen LogP contribution >= 0.6 is 15.9 Å². The third-order valence-corrected chi connectivity index (χ3v) is 6.83. The smallest absolute Gasteiger partial charge is 0.264 e. The number of nitrogens with zero attached hydrogens (tertiary/aromatic N) is 2. The van der Waals surface area contributed by atoms with Crippen molar-refractivity contribution in [2.75, 3.05) is 18.0 Å². The van der Waals surface area contributed by atoms with Gasteiger partial charge in [0.1, 0.15) is 12.3 Å². The predicted octanol–water partition coefficient (Wildman–Crippen LogP) is 4.11. The molecule has 0 saturated heterocycles. The summed E-state index contributed by atoms with van der Waals surface area (Å²) in [5.41, 5.74) is 4.40. The Morgan fingerprint density at radius 1 is 1.09 bits per heavy atom. The molecule has 0 saturated carbocycles. The molecule has 0 aromatic heterocycles. The van der Waals surface area contributed by atoms with E-state index in [2.05, 4.69) is 26.5 Å². The predicted molar refractivity (Wildman–Crippen MR) is 129 cm³/mol. The first-order valence-corrected chi connectivity index (χ1v) is 11.8. The zero-order valence-electron chi connectivity index (χ0n) is 17.5. The van der Waals surface area contributed by atoms with Gasteiger partial charge in [-0.05, 0) is 48.9 Å². The SMILES string of the molecule is COc1cccc(N(CC(=O)N/N=C\c2ccc(Br)cc2)S(=O)(=O)c2ccc(C)cc2)c1. The third kappa shape index (κ3) is 5.95. The molecule has 3 rings (SSSR count). The molecule has 0 bridgehead atoms. The van der Waals surface area contributed by atoms with Gasteiger partial charge in [0.25, 0.3) is 15.9 Å². The van der Waals surface area contributed by atoms with E-state index in [1.54, 1.807) is 36.4 Å². The summed E-state index contributed by atoms with van der Waals surface area (Å²) in [6.07, 6.45) is 1.48. The van der Waals surface area contributed by atoms with Gasteiger partial charge in [-0.3, -0.25) is 9.10 Å². The van der Waals surface area contributed by atoms with Crippen LogP contribution in [0.4, 0.5) is 5.69 Å². The molecule has 3 aromatic carbocycles. The fraction of sp³-hybridized carbons (Fsp3) is 0.130. The van der Waals surface area contributed by atoms with Gasteiger partial charge in [0, 0.05) is 10.5 Å². The topological polar surface area (TPSA) is 88.1 Å². The van der Waals surface area contributed by atoms with E-state index in [1.807, 2.05) is 31.2 Å². The lowest BCUT2D eigenvalue weighted by Gasteiger charge is -2.24. The van der Waals surface area contributed by atoms with Crippen LogP contribution in [0.15, 0.2) is 87.3 Å². The zero-order valence-corrected chi connectivity index (χ0v) is 19.9. The van der Waals surface area contributed by atoms with Crippen molar-refractivity contribution in [3.05, 3.63) is 88.4 Å². The number of benzene rings is 3. The van der Waals surface area contributed by atoms with Crippen LogP contribution in [0.1, 0.15) is 11.1 Å². The minimum absolute atomic E-state index is 0.0806. The summed E-state index contributed by atoms with van der Waals surface area (Å²) in [7, 11) is -2.53. The van der Waals surface area contributed by atoms with Gasteiger partial charge < -0.3 is 4.74 Å². The second-order valence-corrected chi connectivity index (χ2v) is 9.65. The zero-order chi connectivity index (χ0) is 23.1. The summed E-state index contributed by atoms with van der Waals surface area (Å²) < 4.78 is 33.9. The van der Waals surface area contributed by atoms with Crippen molar-refractivity contribution in [1.29, 1.82) is 0 Å². The maximum Gasteiger partial charge on any atom is 0.264 e. The number of aryl methyl sites for hydroxylation is 1. The van der Waals surface area contributed by atoms with Crippen molar-refractivity contribution in [3.63, 3.8) is 0 Å². The Balaban J connectivity index is 1.85. The third-order valence-electron chi connectivity index (χ3n) is 4.51. The van der Waals surface area contributed by atoms with Crippen LogP contribution in [-0.4, -0.2) is 34.2 Å². The monoisotopic (exact) mass is 515 g/mol. The lowest BCUT2D eigenvalue weighted by atomic mass is 10.2. The number of hydrogen-bond donors (Lipinski definition) is 1. The molecule has 0 fully saturated rings. The Morgan fingerprint density at radius 3 is 2.44 bits per heavy atom. The second kappa shape index (κ2) is 10.4. The second-order valence-electron chi connectivity index (χ2n) is 6.87. The number of sulfonamides is 1. The van der Waals surface area contributed by atoms with E-state index in [-0.39, 0.29) is 4.90 Å². The molecule has 32 heavy (non-hydrogen) atoms. The summed E-state index contributed by atoms with van der Waals surface area (Å²) in [6.45, 7) is 1.41. The Kier molecular flexibility index (Phi) is 7.66. The van der Waals surface area contributed by atoms with E-state index in [0.29, 0.717) is 11.4 Å². The van der Waals surface area contributed by atoms with Crippen molar-refractivity contribution in [2.24, 2.45) is 5.10 Å². The summed E-state index contributed by atoms with van der Waals surface area (Å²) in [4.78, 5) is 12.7. The van der Waals surface area contributed by atoms with Crippen LogP contribution in [0.2, 0.25) is 0 Å². The Hall–Kier alpha value is -3.17. The van der Waals surface area contributed by atoms with Crippen LogP contribution in [0.3, 0.4) is 0 Å². The number of hydrogen-bond acceptors (Lipinski definition) is 5. The molecule has 0 aliphatic heterocycles. The van der Waals surface area contributed by atoms with E-state index in [1.165, 1.54) is 25.5 Å². The van der Waals surface area contributed by atoms with Crippen molar-refractivity contribution in [1.82, 2.24) is 5.43 Å². The fourth-order valence-electron chi connectivity index (χ4n) is 2.81. The number of halogens is 1. The molecule has 0 spiro atoms. The Labute approximate surface area is 195 Å². The molecule has 0 unspecified atom stereocenters. The lowest BCUT2D eigenvalue weighted by Crippen LogP contribution is -2.39. The Bertz CT molecular complexity index is 1210. The van der Waals surface area contributed by atoms with Gasteiger partial charge in [0.15, 0.2) is 0 Å². The number of anilines is 1. The highest BCUT2D eigenvalue weighted by atomic mass is 79.9. The summed E-state index contributed by atoms with van der Waals surface area (Å²) in [5, 5.41) is 3.93. The molecule has 0 heterocycles. The van der Waals surface area contributed by atoms with Crippen molar-refractivity contribution in [3.8, 4) is 5.75 Å². The normalized spacial score (nSPS) is 11.3. The van der Waals surface area contributed by atoms with Gasteiger partial charge in [-0.25, -0.2) is 13.8 Å². The minimum Gasteiger partial charge on any atom is -0.497 e.